The normalized spacial score (nSPS) is 12.2. The van der Waals surface area contributed by atoms with Crippen molar-refractivity contribution in [3.63, 3.8) is 0 Å². The van der Waals surface area contributed by atoms with Crippen LogP contribution in [-0.2, 0) is 16.1 Å². The van der Waals surface area contributed by atoms with Crippen molar-refractivity contribution >= 4 is 23.2 Å². The Labute approximate surface area is 155 Å². The van der Waals surface area contributed by atoms with E-state index in [1.807, 2.05) is 4.90 Å². The summed E-state index contributed by atoms with van der Waals surface area (Å²) in [5.41, 5.74) is 0.316. The molecule has 0 radical (unpaired) electrons. The van der Waals surface area contributed by atoms with Crippen molar-refractivity contribution in [2.45, 2.75) is 66.3 Å². The Morgan fingerprint density at radius 2 is 2.00 bits per heavy atom. The first-order valence-electron chi connectivity index (χ1n) is 9.24. The summed E-state index contributed by atoms with van der Waals surface area (Å²) in [6.45, 7) is 9.75. The summed E-state index contributed by atoms with van der Waals surface area (Å²) in [6, 6.07) is 0. The predicted molar refractivity (Wildman–Crippen MR) is 102 cm³/mol. The van der Waals surface area contributed by atoms with Crippen LogP contribution in [0.15, 0.2) is 5.38 Å². The number of carbonyl (C=O) groups is 2. The third-order valence-corrected chi connectivity index (χ3v) is 5.14. The van der Waals surface area contributed by atoms with Gasteiger partial charge in [-0.2, -0.15) is 0 Å². The summed E-state index contributed by atoms with van der Waals surface area (Å²) < 4.78 is 4.71. The van der Waals surface area contributed by atoms with Gasteiger partial charge in [-0.25, -0.2) is 9.78 Å². The van der Waals surface area contributed by atoms with Crippen LogP contribution in [0.4, 0.5) is 0 Å². The molecule has 0 aliphatic carbocycles. The maximum atomic E-state index is 13.0. The lowest BCUT2D eigenvalue weighted by Crippen LogP contribution is -2.36. The average Bonchev–Trinajstić information content (AvgIpc) is 3.06. The number of ether oxygens (including phenoxy) is 1. The fraction of sp³-hybridized carbons (Fsp3) is 0.737. The lowest BCUT2D eigenvalue weighted by molar-refractivity contribution is -0.136. The van der Waals surface area contributed by atoms with Crippen LogP contribution in [0, 0.1) is 11.8 Å². The Morgan fingerprint density at radius 1 is 1.28 bits per heavy atom. The number of aromatic nitrogens is 1. The quantitative estimate of drug-likeness (QED) is 0.539. The summed E-state index contributed by atoms with van der Waals surface area (Å²) in [6.07, 6.45) is 4.94. The summed E-state index contributed by atoms with van der Waals surface area (Å²) in [5.74, 6) is 0.392. The van der Waals surface area contributed by atoms with E-state index in [0.717, 1.165) is 43.7 Å². The first-order chi connectivity index (χ1) is 11.9. The van der Waals surface area contributed by atoms with Gasteiger partial charge in [0.15, 0.2) is 5.69 Å². The van der Waals surface area contributed by atoms with Gasteiger partial charge < -0.3 is 9.64 Å². The molecule has 1 atom stereocenters. The van der Waals surface area contributed by atoms with E-state index in [9.17, 15) is 9.59 Å². The zero-order chi connectivity index (χ0) is 18.8. The van der Waals surface area contributed by atoms with Gasteiger partial charge in [-0.15, -0.1) is 11.3 Å². The van der Waals surface area contributed by atoms with Gasteiger partial charge in [0, 0.05) is 17.8 Å². The highest BCUT2D eigenvalue weighted by Gasteiger charge is 2.24. The maximum absolute atomic E-state index is 13.0. The highest BCUT2D eigenvalue weighted by Crippen LogP contribution is 2.20. The number of thiazole rings is 1. The Bertz CT molecular complexity index is 543. The number of unbranched alkanes of at least 4 members (excludes halogenated alkanes) is 1. The van der Waals surface area contributed by atoms with E-state index in [4.69, 9.17) is 4.74 Å². The monoisotopic (exact) mass is 368 g/mol. The lowest BCUT2D eigenvalue weighted by Gasteiger charge is -2.27. The third kappa shape index (κ3) is 7.14. The number of methoxy groups -OCH3 is 1. The molecule has 0 aliphatic rings. The van der Waals surface area contributed by atoms with Gasteiger partial charge in [-0.3, -0.25) is 4.79 Å². The zero-order valence-corrected chi connectivity index (χ0v) is 17.0. The number of esters is 1. The van der Waals surface area contributed by atoms with Gasteiger partial charge in [0.25, 0.3) is 0 Å². The molecule has 1 aromatic heterocycles. The van der Waals surface area contributed by atoms with E-state index in [1.165, 1.54) is 18.4 Å². The van der Waals surface area contributed by atoms with Crippen molar-refractivity contribution in [1.82, 2.24) is 9.88 Å². The fourth-order valence-electron chi connectivity index (χ4n) is 2.64. The van der Waals surface area contributed by atoms with Gasteiger partial charge in [0.1, 0.15) is 5.01 Å². The van der Waals surface area contributed by atoms with Crippen LogP contribution in [0.1, 0.15) is 75.3 Å². The van der Waals surface area contributed by atoms with Crippen molar-refractivity contribution in [1.29, 1.82) is 0 Å². The van der Waals surface area contributed by atoms with Crippen LogP contribution < -0.4 is 0 Å². The molecule has 1 rings (SSSR count). The first-order valence-corrected chi connectivity index (χ1v) is 10.1. The second-order valence-corrected chi connectivity index (χ2v) is 7.75. The number of rotatable bonds is 11. The molecule has 0 saturated heterocycles. The van der Waals surface area contributed by atoms with Crippen LogP contribution in [0.25, 0.3) is 0 Å². The van der Waals surface area contributed by atoms with E-state index in [2.05, 4.69) is 32.7 Å². The lowest BCUT2D eigenvalue weighted by atomic mass is 9.97. The highest BCUT2D eigenvalue weighted by molar-refractivity contribution is 7.09. The smallest absolute Gasteiger partial charge is 0.357 e. The van der Waals surface area contributed by atoms with Gasteiger partial charge in [-0.05, 0) is 25.2 Å². The molecule has 0 aliphatic heterocycles. The van der Waals surface area contributed by atoms with E-state index < -0.39 is 5.97 Å². The van der Waals surface area contributed by atoms with Crippen molar-refractivity contribution in [2.24, 2.45) is 11.8 Å². The SMILES string of the molecule is CCCC[C@H](CC)C(=O)N(CCC(C)C)Cc1nc(C(=O)OC)cs1. The molecular formula is C19H32N2O3S. The molecule has 25 heavy (non-hydrogen) atoms. The molecule has 0 saturated carbocycles. The summed E-state index contributed by atoms with van der Waals surface area (Å²) in [5, 5.41) is 2.48. The number of nitrogens with zero attached hydrogens (tertiary/aromatic N) is 2. The zero-order valence-electron chi connectivity index (χ0n) is 16.2. The topological polar surface area (TPSA) is 59.5 Å². The number of carbonyl (C=O) groups excluding carboxylic acids is 2. The average molecular weight is 369 g/mol. The Balaban J connectivity index is 2.85. The molecule has 0 aromatic carbocycles. The van der Waals surface area contributed by atoms with Crippen molar-refractivity contribution in [3.05, 3.63) is 16.1 Å². The largest absolute Gasteiger partial charge is 0.464 e. The molecule has 0 bridgehead atoms. The molecule has 0 fully saturated rings. The Hall–Kier alpha value is -1.43. The number of hydrogen-bond acceptors (Lipinski definition) is 5. The third-order valence-electron chi connectivity index (χ3n) is 4.31. The number of amides is 1. The van der Waals surface area contributed by atoms with E-state index >= 15 is 0 Å². The molecule has 0 N–H and O–H groups in total. The highest BCUT2D eigenvalue weighted by atomic mass is 32.1. The van der Waals surface area contributed by atoms with Crippen LogP contribution in [0.3, 0.4) is 0 Å². The van der Waals surface area contributed by atoms with Gasteiger partial charge in [-0.1, -0.05) is 40.5 Å². The van der Waals surface area contributed by atoms with E-state index in [-0.39, 0.29) is 11.8 Å². The molecule has 142 valence electrons. The van der Waals surface area contributed by atoms with Crippen LogP contribution in [0.5, 0.6) is 0 Å². The minimum absolute atomic E-state index is 0.0761. The molecular weight excluding hydrogens is 336 g/mol. The Morgan fingerprint density at radius 3 is 2.56 bits per heavy atom. The minimum atomic E-state index is -0.433. The Kier molecular flexibility index (Phi) is 9.71. The summed E-state index contributed by atoms with van der Waals surface area (Å²) in [7, 11) is 1.35. The van der Waals surface area contributed by atoms with Gasteiger partial charge in [0.2, 0.25) is 5.91 Å². The van der Waals surface area contributed by atoms with Crippen LogP contribution >= 0.6 is 11.3 Å². The molecule has 1 amide bonds. The van der Waals surface area contributed by atoms with Gasteiger partial charge >= 0.3 is 5.97 Å². The summed E-state index contributed by atoms with van der Waals surface area (Å²) in [4.78, 5) is 30.8. The van der Waals surface area contributed by atoms with E-state index in [0.29, 0.717) is 18.2 Å². The molecule has 5 nitrogen and oxygen atoms in total. The van der Waals surface area contributed by atoms with Crippen molar-refractivity contribution in [2.75, 3.05) is 13.7 Å². The van der Waals surface area contributed by atoms with Crippen LogP contribution in [-0.4, -0.2) is 35.4 Å². The van der Waals surface area contributed by atoms with Crippen LogP contribution in [0.2, 0.25) is 0 Å². The minimum Gasteiger partial charge on any atom is -0.464 e. The second-order valence-electron chi connectivity index (χ2n) is 6.81. The standard InChI is InChI=1S/C19H32N2O3S/c1-6-8-9-15(7-2)18(22)21(11-10-14(3)4)12-17-20-16(13-25-17)19(23)24-5/h13-15H,6-12H2,1-5H3/t15-/m0/s1. The second kappa shape index (κ2) is 11.2. The van der Waals surface area contributed by atoms with Crippen molar-refractivity contribution < 1.29 is 14.3 Å². The number of hydrogen-bond donors (Lipinski definition) is 0. The molecule has 1 heterocycles. The molecule has 1 aromatic rings. The molecule has 0 unspecified atom stereocenters. The van der Waals surface area contributed by atoms with Crippen molar-refractivity contribution in [3.8, 4) is 0 Å². The molecule has 6 heteroatoms. The fourth-order valence-corrected chi connectivity index (χ4v) is 3.42. The van der Waals surface area contributed by atoms with Gasteiger partial charge in [0.05, 0.1) is 13.7 Å². The first kappa shape index (κ1) is 21.6. The predicted octanol–water partition coefficient (Wildman–Crippen LogP) is 4.52. The summed E-state index contributed by atoms with van der Waals surface area (Å²) >= 11 is 1.40. The maximum Gasteiger partial charge on any atom is 0.357 e. The molecule has 0 spiro atoms. The van der Waals surface area contributed by atoms with E-state index in [1.54, 1.807) is 5.38 Å².